The molecule has 2 unspecified atom stereocenters. The third kappa shape index (κ3) is 4.00. The van der Waals surface area contributed by atoms with Crippen molar-refractivity contribution in [1.82, 2.24) is 10.6 Å². The van der Waals surface area contributed by atoms with Gasteiger partial charge in [0, 0.05) is 6.54 Å². The number of aliphatic hydroxyl groups excluding tert-OH is 1. The maximum atomic E-state index is 11.6. The van der Waals surface area contributed by atoms with Crippen LogP contribution in [0.5, 0.6) is 0 Å². The smallest absolute Gasteiger partial charge is 0.326 e. The molecule has 1 rings (SSSR count). The first-order valence-electron chi connectivity index (χ1n) is 5.13. The molecule has 2 amide bonds. The Bertz CT molecular complexity index is 333. The number of carboxylic acid groups (broad SMARTS) is 1. The van der Waals surface area contributed by atoms with Crippen molar-refractivity contribution in [2.24, 2.45) is 5.73 Å². The molecule has 0 radical (unpaired) electrons. The highest BCUT2D eigenvalue weighted by Crippen LogP contribution is 2.06. The van der Waals surface area contributed by atoms with Crippen LogP contribution >= 0.6 is 0 Å². The lowest BCUT2D eigenvalue weighted by molar-refractivity contribution is -0.143. The molecular formula is C9H15N3O5. The molecule has 0 bridgehead atoms. The fraction of sp³-hybridized carbons (Fsp3) is 0.667. The fourth-order valence-corrected chi connectivity index (χ4v) is 1.59. The lowest BCUT2D eigenvalue weighted by atomic mass is 10.1. The average molecular weight is 245 g/mol. The average Bonchev–Trinajstić information content (AvgIpc) is 2.63. The molecule has 1 fully saturated rings. The molecule has 0 spiro atoms. The lowest BCUT2D eigenvalue weighted by Gasteiger charge is -2.16. The minimum absolute atomic E-state index is 0.217. The minimum atomic E-state index is -1.33. The third-order valence-electron chi connectivity index (χ3n) is 2.44. The van der Waals surface area contributed by atoms with E-state index in [1.165, 1.54) is 0 Å². The van der Waals surface area contributed by atoms with Gasteiger partial charge in [-0.05, 0) is 6.42 Å². The van der Waals surface area contributed by atoms with Crippen LogP contribution < -0.4 is 16.4 Å². The lowest BCUT2D eigenvalue weighted by Crippen LogP contribution is -2.49. The molecule has 6 N–H and O–H groups in total. The van der Waals surface area contributed by atoms with Gasteiger partial charge in [0.2, 0.25) is 11.8 Å². The van der Waals surface area contributed by atoms with E-state index in [1.807, 2.05) is 0 Å². The van der Waals surface area contributed by atoms with Gasteiger partial charge in [-0.3, -0.25) is 9.59 Å². The van der Waals surface area contributed by atoms with Gasteiger partial charge >= 0.3 is 5.97 Å². The summed E-state index contributed by atoms with van der Waals surface area (Å²) < 4.78 is 0. The van der Waals surface area contributed by atoms with Gasteiger partial charge in [0.05, 0.1) is 18.6 Å². The maximum absolute atomic E-state index is 11.6. The molecule has 8 heteroatoms. The van der Waals surface area contributed by atoms with Crippen molar-refractivity contribution in [3.05, 3.63) is 0 Å². The van der Waals surface area contributed by atoms with E-state index in [9.17, 15) is 19.5 Å². The van der Waals surface area contributed by atoms with Crippen molar-refractivity contribution in [1.29, 1.82) is 0 Å². The Balaban J connectivity index is 2.52. The molecule has 0 saturated carbocycles. The van der Waals surface area contributed by atoms with Crippen LogP contribution in [0, 0.1) is 0 Å². The van der Waals surface area contributed by atoms with E-state index in [0.717, 1.165) is 0 Å². The number of hydrogen-bond donors (Lipinski definition) is 5. The summed E-state index contributed by atoms with van der Waals surface area (Å²) in [7, 11) is 0. The first kappa shape index (κ1) is 13.4. The highest BCUT2D eigenvalue weighted by atomic mass is 16.4. The SMILES string of the molecule is NC(=O)C[C@H](NC(=O)C1CC(O)CN1)C(=O)O. The van der Waals surface area contributed by atoms with Crippen LogP contribution in [0.1, 0.15) is 12.8 Å². The summed E-state index contributed by atoms with van der Waals surface area (Å²) in [6.07, 6.45) is -0.865. The van der Waals surface area contributed by atoms with Gasteiger partial charge in [-0.1, -0.05) is 0 Å². The molecule has 17 heavy (non-hydrogen) atoms. The maximum Gasteiger partial charge on any atom is 0.326 e. The molecule has 1 saturated heterocycles. The molecular weight excluding hydrogens is 230 g/mol. The zero-order chi connectivity index (χ0) is 13.0. The van der Waals surface area contributed by atoms with Crippen LogP contribution in [0.25, 0.3) is 0 Å². The third-order valence-corrected chi connectivity index (χ3v) is 2.44. The number of nitrogens with one attached hydrogen (secondary N) is 2. The van der Waals surface area contributed by atoms with Gasteiger partial charge < -0.3 is 26.6 Å². The van der Waals surface area contributed by atoms with Crippen molar-refractivity contribution < 1.29 is 24.6 Å². The topological polar surface area (TPSA) is 142 Å². The highest BCUT2D eigenvalue weighted by Gasteiger charge is 2.31. The van der Waals surface area contributed by atoms with Crippen molar-refractivity contribution in [3.8, 4) is 0 Å². The predicted molar refractivity (Wildman–Crippen MR) is 55.8 cm³/mol. The van der Waals surface area contributed by atoms with E-state index < -0.39 is 42.4 Å². The Labute approximate surface area is 97.2 Å². The highest BCUT2D eigenvalue weighted by molar-refractivity contribution is 5.90. The number of rotatable bonds is 5. The van der Waals surface area contributed by atoms with Gasteiger partial charge in [-0.2, -0.15) is 0 Å². The van der Waals surface area contributed by atoms with Gasteiger partial charge in [-0.25, -0.2) is 4.79 Å². The normalized spacial score (nSPS) is 25.2. The number of β-amino-alcohol motifs (C(OH)–C–C–N with tert-alkyl or cyclic N) is 1. The second-order valence-corrected chi connectivity index (χ2v) is 3.92. The molecule has 0 aromatic carbocycles. The molecule has 96 valence electrons. The molecule has 1 aliphatic rings. The number of carboxylic acids is 1. The zero-order valence-electron chi connectivity index (χ0n) is 9.05. The van der Waals surface area contributed by atoms with Crippen LogP contribution in [-0.4, -0.2) is 52.7 Å². The number of aliphatic hydroxyl groups is 1. The van der Waals surface area contributed by atoms with Crippen LogP contribution in [0.15, 0.2) is 0 Å². The van der Waals surface area contributed by atoms with Crippen LogP contribution in [0.2, 0.25) is 0 Å². The van der Waals surface area contributed by atoms with E-state index in [0.29, 0.717) is 0 Å². The zero-order valence-corrected chi connectivity index (χ0v) is 9.05. The summed E-state index contributed by atoms with van der Waals surface area (Å²) in [6.45, 7) is 0.283. The van der Waals surface area contributed by atoms with Crippen LogP contribution in [0.4, 0.5) is 0 Å². The minimum Gasteiger partial charge on any atom is -0.480 e. The number of amides is 2. The second kappa shape index (κ2) is 5.60. The fourth-order valence-electron chi connectivity index (χ4n) is 1.59. The van der Waals surface area contributed by atoms with Crippen LogP contribution in [-0.2, 0) is 14.4 Å². The number of hydrogen-bond acceptors (Lipinski definition) is 5. The molecule has 0 aromatic heterocycles. The Morgan fingerprint density at radius 3 is 2.53 bits per heavy atom. The first-order chi connectivity index (χ1) is 7.90. The number of carbonyl (C=O) groups is 3. The van der Waals surface area contributed by atoms with E-state index in [-0.39, 0.29) is 13.0 Å². The molecule has 0 aromatic rings. The van der Waals surface area contributed by atoms with Crippen molar-refractivity contribution in [2.45, 2.75) is 31.0 Å². The molecule has 1 aliphatic heterocycles. The summed E-state index contributed by atoms with van der Waals surface area (Å²) in [5.41, 5.74) is 4.87. The summed E-state index contributed by atoms with van der Waals surface area (Å²) in [6, 6.07) is -1.97. The quantitative estimate of drug-likeness (QED) is 0.353. The largest absolute Gasteiger partial charge is 0.480 e. The molecule has 8 nitrogen and oxygen atoms in total. The Morgan fingerprint density at radius 2 is 2.12 bits per heavy atom. The van der Waals surface area contributed by atoms with Crippen molar-refractivity contribution in [2.75, 3.05) is 6.54 Å². The molecule has 1 heterocycles. The Kier molecular flexibility index (Phi) is 4.41. The molecule has 0 aliphatic carbocycles. The van der Waals surface area contributed by atoms with Gasteiger partial charge in [0.1, 0.15) is 6.04 Å². The summed E-state index contributed by atoms with van der Waals surface area (Å²) >= 11 is 0. The first-order valence-corrected chi connectivity index (χ1v) is 5.13. The van der Waals surface area contributed by atoms with Crippen molar-refractivity contribution >= 4 is 17.8 Å². The summed E-state index contributed by atoms with van der Waals surface area (Å²) in [4.78, 5) is 33.0. The summed E-state index contributed by atoms with van der Waals surface area (Å²) in [5, 5.41) is 22.9. The molecule has 3 atom stereocenters. The van der Waals surface area contributed by atoms with Gasteiger partial charge in [0.15, 0.2) is 0 Å². The number of carbonyl (C=O) groups excluding carboxylic acids is 2. The Hall–Kier alpha value is -1.67. The van der Waals surface area contributed by atoms with Gasteiger partial charge in [0.25, 0.3) is 0 Å². The number of aliphatic carboxylic acids is 1. The summed E-state index contributed by atoms with van der Waals surface area (Å²) in [5.74, 6) is -2.69. The van der Waals surface area contributed by atoms with E-state index >= 15 is 0 Å². The van der Waals surface area contributed by atoms with E-state index in [1.54, 1.807) is 0 Å². The number of nitrogens with two attached hydrogens (primary N) is 1. The number of primary amides is 1. The van der Waals surface area contributed by atoms with Crippen LogP contribution in [0.3, 0.4) is 0 Å². The van der Waals surface area contributed by atoms with Gasteiger partial charge in [-0.15, -0.1) is 0 Å². The Morgan fingerprint density at radius 1 is 1.47 bits per heavy atom. The monoisotopic (exact) mass is 245 g/mol. The van der Waals surface area contributed by atoms with Crippen molar-refractivity contribution in [3.63, 3.8) is 0 Å². The van der Waals surface area contributed by atoms with E-state index in [4.69, 9.17) is 10.8 Å². The second-order valence-electron chi connectivity index (χ2n) is 3.92. The predicted octanol–water partition coefficient (Wildman–Crippen LogP) is -2.85. The standard InChI is InChI=1S/C9H15N3O5/c10-7(14)2-6(9(16)17)12-8(15)5-1-4(13)3-11-5/h4-6,11,13H,1-3H2,(H2,10,14)(H,12,15)(H,16,17)/t4?,5?,6-/m0/s1. The van der Waals surface area contributed by atoms with E-state index in [2.05, 4.69) is 10.6 Å².